The predicted octanol–water partition coefficient (Wildman–Crippen LogP) is 5.36. The third-order valence-corrected chi connectivity index (χ3v) is 6.15. The van der Waals surface area contributed by atoms with Crippen LogP contribution < -0.4 is 0 Å². The van der Waals surface area contributed by atoms with Gasteiger partial charge in [0.2, 0.25) is 0 Å². The van der Waals surface area contributed by atoms with Gasteiger partial charge in [0, 0.05) is 13.0 Å². The van der Waals surface area contributed by atoms with Gasteiger partial charge in [0.25, 0.3) is 0 Å². The van der Waals surface area contributed by atoms with Gasteiger partial charge in [0.1, 0.15) is 18.3 Å². The molecule has 0 amide bonds. The second-order valence-electron chi connectivity index (χ2n) is 9.39. The van der Waals surface area contributed by atoms with Gasteiger partial charge in [-0.1, -0.05) is 60.7 Å². The highest BCUT2D eigenvalue weighted by Gasteiger charge is 2.49. The van der Waals surface area contributed by atoms with Crippen molar-refractivity contribution in [3.63, 3.8) is 0 Å². The molecule has 6 nitrogen and oxygen atoms in total. The van der Waals surface area contributed by atoms with E-state index in [1.807, 2.05) is 74.5 Å². The first-order valence-electron chi connectivity index (χ1n) is 12.3. The number of rotatable bonds is 11. The molecular weight excluding hydrogens is 432 g/mol. The smallest absolute Gasteiger partial charge is 0.164 e. The van der Waals surface area contributed by atoms with Crippen LogP contribution in [-0.4, -0.2) is 43.3 Å². The standard InChI is InChI=1S/C28H36O6/c1-28(2)33-26(23(29)16-11-19-31-24-17-9-10-18-30-24)27(34-28)25(22-14-7-4-8-15-22)32-20-21-12-5-3-6-13-21/h3-8,12-15,24-27H,9-11,16-20H2,1-2H3/t24?,25-,26+,27-/m0/s1. The third kappa shape index (κ3) is 6.96. The molecule has 4 atom stereocenters. The molecule has 184 valence electrons. The lowest BCUT2D eigenvalue weighted by molar-refractivity contribution is -0.165. The number of ether oxygens (including phenoxy) is 5. The summed E-state index contributed by atoms with van der Waals surface area (Å²) in [5, 5.41) is 0. The summed E-state index contributed by atoms with van der Waals surface area (Å²) in [7, 11) is 0. The van der Waals surface area contributed by atoms with Crippen molar-refractivity contribution in [1.29, 1.82) is 0 Å². The summed E-state index contributed by atoms with van der Waals surface area (Å²) in [6.07, 6.45) is 2.26. The average molecular weight is 469 g/mol. The normalized spacial score (nSPS) is 25.2. The molecule has 0 spiro atoms. The van der Waals surface area contributed by atoms with Crippen molar-refractivity contribution < 1.29 is 28.5 Å². The van der Waals surface area contributed by atoms with Crippen LogP contribution in [0.2, 0.25) is 0 Å². The first-order chi connectivity index (χ1) is 16.5. The van der Waals surface area contributed by atoms with Crippen LogP contribution in [-0.2, 0) is 35.1 Å². The maximum absolute atomic E-state index is 13.3. The lowest BCUT2D eigenvalue weighted by atomic mass is 9.96. The van der Waals surface area contributed by atoms with E-state index in [4.69, 9.17) is 23.7 Å². The van der Waals surface area contributed by atoms with Gasteiger partial charge in [-0.3, -0.25) is 4.79 Å². The Bertz CT molecular complexity index is 878. The van der Waals surface area contributed by atoms with Gasteiger partial charge in [-0.05, 0) is 50.7 Å². The van der Waals surface area contributed by atoms with E-state index in [1.165, 1.54) is 0 Å². The quantitative estimate of drug-likeness (QED) is 0.414. The monoisotopic (exact) mass is 468 g/mol. The SMILES string of the molecule is CC1(C)O[C@@H]([C@@H](OCc2ccccc2)c2ccccc2)[C@@H](C(=O)CCCOC2CCCCO2)O1. The molecule has 0 aliphatic carbocycles. The molecule has 6 heteroatoms. The summed E-state index contributed by atoms with van der Waals surface area (Å²) in [6, 6.07) is 19.9. The summed E-state index contributed by atoms with van der Waals surface area (Å²) < 4.78 is 30.2. The Morgan fingerprint density at radius 2 is 1.76 bits per heavy atom. The van der Waals surface area contributed by atoms with E-state index in [9.17, 15) is 4.79 Å². The summed E-state index contributed by atoms with van der Waals surface area (Å²) in [5.41, 5.74) is 2.02. The molecule has 2 aliphatic rings. The fourth-order valence-corrected chi connectivity index (χ4v) is 4.49. The Kier molecular flexibility index (Phi) is 8.86. The third-order valence-electron chi connectivity index (χ3n) is 6.15. The van der Waals surface area contributed by atoms with Gasteiger partial charge in [-0.15, -0.1) is 0 Å². The van der Waals surface area contributed by atoms with Crippen LogP contribution in [0, 0.1) is 0 Å². The molecule has 34 heavy (non-hydrogen) atoms. The largest absolute Gasteiger partial charge is 0.366 e. The molecule has 2 fully saturated rings. The van der Waals surface area contributed by atoms with Gasteiger partial charge in [0.15, 0.2) is 17.9 Å². The molecule has 0 N–H and O–H groups in total. The zero-order chi connectivity index (χ0) is 23.8. The van der Waals surface area contributed by atoms with E-state index in [-0.39, 0.29) is 12.1 Å². The lowest BCUT2D eigenvalue weighted by Gasteiger charge is -2.27. The maximum atomic E-state index is 13.3. The summed E-state index contributed by atoms with van der Waals surface area (Å²) in [5.74, 6) is -0.867. The Labute approximate surface area is 202 Å². The van der Waals surface area contributed by atoms with Crippen molar-refractivity contribution in [1.82, 2.24) is 0 Å². The molecule has 0 saturated carbocycles. The Balaban J connectivity index is 1.42. The van der Waals surface area contributed by atoms with Crippen LogP contribution in [0.25, 0.3) is 0 Å². The Hall–Kier alpha value is -2.09. The second kappa shape index (κ2) is 12.0. The second-order valence-corrected chi connectivity index (χ2v) is 9.39. The molecule has 2 saturated heterocycles. The minimum Gasteiger partial charge on any atom is -0.366 e. The zero-order valence-electron chi connectivity index (χ0n) is 20.2. The number of benzene rings is 2. The number of Topliss-reactive ketones (excluding diaryl/α,β-unsaturated/α-hetero) is 1. The molecule has 0 bridgehead atoms. The lowest BCUT2D eigenvalue weighted by Crippen LogP contribution is -2.37. The number of ketones is 1. The molecular formula is C28H36O6. The van der Waals surface area contributed by atoms with Gasteiger partial charge < -0.3 is 23.7 Å². The number of hydrogen-bond donors (Lipinski definition) is 0. The number of carbonyl (C=O) groups is 1. The molecule has 0 radical (unpaired) electrons. The topological polar surface area (TPSA) is 63.2 Å². The average Bonchev–Trinajstić information content (AvgIpc) is 3.19. The van der Waals surface area contributed by atoms with Gasteiger partial charge in [-0.25, -0.2) is 0 Å². The van der Waals surface area contributed by atoms with Crippen molar-refractivity contribution in [2.75, 3.05) is 13.2 Å². The van der Waals surface area contributed by atoms with Gasteiger partial charge >= 0.3 is 0 Å². The van der Waals surface area contributed by atoms with Crippen LogP contribution in [0.5, 0.6) is 0 Å². The van der Waals surface area contributed by atoms with Gasteiger partial charge in [0.05, 0.1) is 13.2 Å². The van der Waals surface area contributed by atoms with Crippen LogP contribution in [0.4, 0.5) is 0 Å². The molecule has 2 heterocycles. The van der Waals surface area contributed by atoms with Crippen LogP contribution in [0.15, 0.2) is 60.7 Å². The summed E-state index contributed by atoms with van der Waals surface area (Å²) >= 11 is 0. The predicted molar refractivity (Wildman–Crippen MR) is 128 cm³/mol. The van der Waals surface area contributed by atoms with Gasteiger partial charge in [-0.2, -0.15) is 0 Å². The van der Waals surface area contributed by atoms with E-state index in [0.717, 1.165) is 37.0 Å². The van der Waals surface area contributed by atoms with Crippen molar-refractivity contribution in [3.8, 4) is 0 Å². The maximum Gasteiger partial charge on any atom is 0.164 e. The van der Waals surface area contributed by atoms with Crippen molar-refractivity contribution >= 4 is 5.78 Å². The zero-order valence-corrected chi connectivity index (χ0v) is 20.2. The molecule has 0 aromatic heterocycles. The van der Waals surface area contributed by atoms with Crippen LogP contribution in [0.1, 0.15) is 63.2 Å². The first kappa shape index (κ1) is 25.0. The molecule has 2 aliphatic heterocycles. The Morgan fingerprint density at radius 3 is 2.47 bits per heavy atom. The molecule has 4 rings (SSSR count). The van der Waals surface area contributed by atoms with Crippen molar-refractivity contribution in [2.45, 2.75) is 82.9 Å². The summed E-state index contributed by atoms with van der Waals surface area (Å²) in [6.45, 7) is 5.34. The minimum atomic E-state index is -0.874. The molecule has 2 aromatic rings. The highest BCUT2D eigenvalue weighted by molar-refractivity contribution is 5.84. The van der Waals surface area contributed by atoms with E-state index in [1.54, 1.807) is 0 Å². The minimum absolute atomic E-state index is 0.00739. The van der Waals surface area contributed by atoms with E-state index >= 15 is 0 Å². The van der Waals surface area contributed by atoms with Crippen molar-refractivity contribution in [3.05, 3.63) is 71.8 Å². The summed E-state index contributed by atoms with van der Waals surface area (Å²) in [4.78, 5) is 13.3. The number of carbonyl (C=O) groups excluding carboxylic acids is 1. The first-order valence-corrected chi connectivity index (χ1v) is 12.3. The fourth-order valence-electron chi connectivity index (χ4n) is 4.49. The van der Waals surface area contributed by atoms with Crippen LogP contribution >= 0.6 is 0 Å². The van der Waals surface area contributed by atoms with E-state index in [2.05, 4.69) is 0 Å². The molecule has 1 unspecified atom stereocenters. The number of hydrogen-bond acceptors (Lipinski definition) is 6. The Morgan fingerprint density at radius 1 is 1.03 bits per heavy atom. The highest BCUT2D eigenvalue weighted by Crippen LogP contribution is 2.38. The van der Waals surface area contributed by atoms with Crippen LogP contribution in [0.3, 0.4) is 0 Å². The highest BCUT2D eigenvalue weighted by atomic mass is 16.8. The molecule has 2 aromatic carbocycles. The van der Waals surface area contributed by atoms with E-state index < -0.39 is 24.1 Å². The van der Waals surface area contributed by atoms with Crippen molar-refractivity contribution in [2.24, 2.45) is 0 Å². The van der Waals surface area contributed by atoms with E-state index in [0.29, 0.717) is 26.1 Å². The fraction of sp³-hybridized carbons (Fsp3) is 0.536.